The van der Waals surface area contributed by atoms with E-state index in [2.05, 4.69) is 37.2 Å². The molecule has 0 aliphatic rings. The zero-order valence-electron chi connectivity index (χ0n) is 13.1. The number of hydrogen-bond acceptors (Lipinski definition) is 2. The summed E-state index contributed by atoms with van der Waals surface area (Å²) in [6.07, 6.45) is 0.402. The monoisotopic (exact) mass is 288 g/mol. The van der Waals surface area contributed by atoms with Gasteiger partial charge < -0.3 is 4.74 Å². The van der Waals surface area contributed by atoms with E-state index in [4.69, 9.17) is 4.74 Å². The van der Waals surface area contributed by atoms with Crippen LogP contribution >= 0.6 is 0 Å². The highest BCUT2D eigenvalue weighted by Crippen LogP contribution is 2.23. The van der Waals surface area contributed by atoms with Crippen LogP contribution in [0, 0.1) is 11.5 Å². The van der Waals surface area contributed by atoms with Crippen molar-refractivity contribution in [3.05, 3.63) is 35.4 Å². The first-order chi connectivity index (χ1) is 9.33. The summed E-state index contributed by atoms with van der Waals surface area (Å²) in [7, 11) is -1.40. The first-order valence-corrected chi connectivity index (χ1v) is 10.6. The Hall–Kier alpha value is -1.53. The van der Waals surface area contributed by atoms with Crippen molar-refractivity contribution in [3.63, 3.8) is 0 Å². The molecule has 1 atom stereocenters. The van der Waals surface area contributed by atoms with Gasteiger partial charge in [-0.2, -0.15) is 0 Å². The van der Waals surface area contributed by atoms with Crippen LogP contribution in [0.1, 0.15) is 37.3 Å². The second-order valence-corrected chi connectivity index (χ2v) is 10.7. The van der Waals surface area contributed by atoms with Gasteiger partial charge in [-0.05, 0) is 24.5 Å². The first-order valence-electron chi connectivity index (χ1n) is 7.11. The Balaban J connectivity index is 2.94. The maximum atomic E-state index is 11.6. The molecule has 0 aliphatic heterocycles. The molecule has 1 unspecified atom stereocenters. The fraction of sp³-hybridized carbons (Fsp3) is 0.471. The molecule has 0 aromatic heterocycles. The number of rotatable bonds is 4. The van der Waals surface area contributed by atoms with Crippen LogP contribution in [0.5, 0.6) is 0 Å². The molecular formula is C17H24O2Si. The van der Waals surface area contributed by atoms with E-state index in [1.807, 2.05) is 32.0 Å². The van der Waals surface area contributed by atoms with Gasteiger partial charge in [0.15, 0.2) is 0 Å². The number of esters is 1. The molecule has 0 saturated heterocycles. The van der Waals surface area contributed by atoms with Gasteiger partial charge in [-0.1, -0.05) is 50.7 Å². The number of ether oxygens (including phenoxy) is 1. The molecule has 0 radical (unpaired) electrons. The predicted octanol–water partition coefficient (Wildman–Crippen LogP) is 3.97. The molecule has 0 N–H and O–H groups in total. The number of benzene rings is 1. The van der Waals surface area contributed by atoms with Crippen molar-refractivity contribution in [3.8, 4) is 11.5 Å². The lowest BCUT2D eigenvalue weighted by atomic mass is 9.93. The van der Waals surface area contributed by atoms with E-state index < -0.39 is 8.07 Å². The van der Waals surface area contributed by atoms with Gasteiger partial charge in [-0.25, -0.2) is 0 Å². The van der Waals surface area contributed by atoms with Crippen LogP contribution < -0.4 is 0 Å². The Morgan fingerprint density at radius 1 is 1.30 bits per heavy atom. The minimum atomic E-state index is -1.40. The van der Waals surface area contributed by atoms with Crippen molar-refractivity contribution < 1.29 is 9.53 Å². The van der Waals surface area contributed by atoms with Gasteiger partial charge in [0.1, 0.15) is 8.07 Å². The van der Waals surface area contributed by atoms with Crippen molar-refractivity contribution in [1.82, 2.24) is 0 Å². The lowest BCUT2D eigenvalue weighted by Crippen LogP contribution is -2.16. The SMILES string of the molecule is CCOC(=O)CC(C)c1ccccc1C#C[Si](C)(C)C. The molecule has 0 bridgehead atoms. The quantitative estimate of drug-likeness (QED) is 0.476. The third-order valence-electron chi connectivity index (χ3n) is 2.84. The normalized spacial score (nSPS) is 12.2. The van der Waals surface area contributed by atoms with Crippen molar-refractivity contribution >= 4 is 14.0 Å². The third-order valence-corrected chi connectivity index (χ3v) is 3.72. The van der Waals surface area contributed by atoms with Gasteiger partial charge in [0.05, 0.1) is 13.0 Å². The zero-order chi connectivity index (χ0) is 15.2. The van der Waals surface area contributed by atoms with E-state index >= 15 is 0 Å². The minimum Gasteiger partial charge on any atom is -0.466 e. The van der Waals surface area contributed by atoms with E-state index in [0.29, 0.717) is 13.0 Å². The van der Waals surface area contributed by atoms with Crippen molar-refractivity contribution in [2.24, 2.45) is 0 Å². The van der Waals surface area contributed by atoms with Crippen LogP contribution in [-0.4, -0.2) is 20.7 Å². The molecule has 0 aliphatic carbocycles. The molecule has 1 rings (SSSR count). The molecule has 0 amide bonds. The topological polar surface area (TPSA) is 26.3 Å². The standard InChI is InChI=1S/C17H24O2Si/c1-6-19-17(18)13-14(2)16-10-8-7-9-15(16)11-12-20(3,4)5/h7-10,14H,6,13H2,1-5H3. The molecule has 0 heterocycles. The predicted molar refractivity (Wildman–Crippen MR) is 86.3 cm³/mol. The molecule has 108 valence electrons. The summed E-state index contributed by atoms with van der Waals surface area (Å²) in [5, 5.41) is 0. The van der Waals surface area contributed by atoms with E-state index in [1.165, 1.54) is 0 Å². The lowest BCUT2D eigenvalue weighted by molar-refractivity contribution is -0.143. The van der Waals surface area contributed by atoms with Crippen molar-refractivity contribution in [2.75, 3.05) is 6.61 Å². The Kier molecular flexibility index (Phi) is 6.03. The summed E-state index contributed by atoms with van der Waals surface area (Å²) in [5.41, 5.74) is 5.55. The van der Waals surface area contributed by atoms with Gasteiger partial charge in [0.25, 0.3) is 0 Å². The van der Waals surface area contributed by atoms with Crippen LogP contribution in [0.25, 0.3) is 0 Å². The Morgan fingerprint density at radius 3 is 2.55 bits per heavy atom. The fourth-order valence-electron chi connectivity index (χ4n) is 1.88. The lowest BCUT2D eigenvalue weighted by Gasteiger charge is -2.13. The molecule has 20 heavy (non-hydrogen) atoms. The van der Waals surface area contributed by atoms with Gasteiger partial charge in [0.2, 0.25) is 0 Å². The highest BCUT2D eigenvalue weighted by molar-refractivity contribution is 6.83. The van der Waals surface area contributed by atoms with E-state index in [1.54, 1.807) is 0 Å². The molecular weight excluding hydrogens is 264 g/mol. The highest BCUT2D eigenvalue weighted by Gasteiger charge is 2.15. The number of carbonyl (C=O) groups is 1. The van der Waals surface area contributed by atoms with E-state index in [-0.39, 0.29) is 11.9 Å². The van der Waals surface area contributed by atoms with Gasteiger partial charge in [0, 0.05) is 5.56 Å². The largest absolute Gasteiger partial charge is 0.466 e. The third kappa shape index (κ3) is 5.62. The van der Waals surface area contributed by atoms with Gasteiger partial charge >= 0.3 is 5.97 Å². The molecule has 0 saturated carbocycles. The number of carbonyl (C=O) groups excluding carboxylic acids is 1. The highest BCUT2D eigenvalue weighted by atomic mass is 28.3. The van der Waals surface area contributed by atoms with Crippen LogP contribution in [0.15, 0.2) is 24.3 Å². The van der Waals surface area contributed by atoms with Crippen molar-refractivity contribution in [2.45, 2.75) is 45.8 Å². The van der Waals surface area contributed by atoms with Gasteiger partial charge in [-0.3, -0.25) is 4.79 Å². The zero-order valence-corrected chi connectivity index (χ0v) is 14.1. The summed E-state index contributed by atoms with van der Waals surface area (Å²) in [4.78, 5) is 11.6. The summed E-state index contributed by atoms with van der Waals surface area (Å²) in [6, 6.07) is 8.08. The van der Waals surface area contributed by atoms with Crippen LogP contribution in [0.2, 0.25) is 19.6 Å². The summed E-state index contributed by atoms with van der Waals surface area (Å²) in [5.74, 6) is 3.28. The Labute approximate surface area is 123 Å². The Morgan fingerprint density at radius 2 is 1.95 bits per heavy atom. The second-order valence-electron chi connectivity index (χ2n) is 6.00. The molecule has 3 heteroatoms. The molecule has 0 fully saturated rings. The van der Waals surface area contributed by atoms with E-state index in [9.17, 15) is 4.79 Å². The maximum Gasteiger partial charge on any atom is 0.306 e. The van der Waals surface area contributed by atoms with Crippen LogP contribution in [-0.2, 0) is 9.53 Å². The fourth-order valence-corrected chi connectivity index (χ4v) is 2.38. The molecule has 0 spiro atoms. The van der Waals surface area contributed by atoms with Gasteiger partial charge in [-0.15, -0.1) is 5.54 Å². The smallest absolute Gasteiger partial charge is 0.306 e. The molecule has 1 aromatic rings. The first kappa shape index (κ1) is 16.5. The second kappa shape index (κ2) is 7.30. The minimum absolute atomic E-state index is 0.126. The van der Waals surface area contributed by atoms with E-state index in [0.717, 1.165) is 11.1 Å². The van der Waals surface area contributed by atoms with Crippen LogP contribution in [0.4, 0.5) is 0 Å². The summed E-state index contributed by atoms with van der Waals surface area (Å²) in [6.45, 7) is 11.0. The average Bonchev–Trinajstić information content (AvgIpc) is 2.36. The summed E-state index contributed by atoms with van der Waals surface area (Å²) >= 11 is 0. The summed E-state index contributed by atoms with van der Waals surface area (Å²) < 4.78 is 5.02. The molecule has 2 nitrogen and oxygen atoms in total. The average molecular weight is 288 g/mol. The Bertz CT molecular complexity index is 518. The molecule has 1 aromatic carbocycles. The maximum absolute atomic E-state index is 11.6. The number of hydrogen-bond donors (Lipinski definition) is 0. The van der Waals surface area contributed by atoms with Crippen LogP contribution in [0.3, 0.4) is 0 Å². The van der Waals surface area contributed by atoms with Crippen molar-refractivity contribution in [1.29, 1.82) is 0 Å².